The van der Waals surface area contributed by atoms with Crippen molar-refractivity contribution in [1.29, 1.82) is 0 Å². The summed E-state index contributed by atoms with van der Waals surface area (Å²) in [7, 11) is 1.86. The number of aryl methyl sites for hydroxylation is 1. The van der Waals surface area contributed by atoms with Crippen LogP contribution < -0.4 is 19.7 Å². The zero-order valence-corrected chi connectivity index (χ0v) is 21.7. The van der Waals surface area contributed by atoms with Gasteiger partial charge in [0.15, 0.2) is 0 Å². The number of aromatic nitrogens is 2. The Kier molecular flexibility index (Phi) is 7.76. The lowest BCUT2D eigenvalue weighted by Gasteiger charge is -2.29. The van der Waals surface area contributed by atoms with Gasteiger partial charge in [-0.15, -0.1) is 0 Å². The molecule has 2 aromatic carbocycles. The Morgan fingerprint density at radius 2 is 1.69 bits per heavy atom. The molecule has 8 nitrogen and oxygen atoms in total. The Hall–Kier alpha value is -2.91. The first-order valence-corrected chi connectivity index (χ1v) is 13.6. The summed E-state index contributed by atoms with van der Waals surface area (Å²) in [5.74, 6) is 2.77. The normalized spacial score (nSPS) is 18.4. The van der Waals surface area contributed by atoms with Gasteiger partial charge in [-0.05, 0) is 74.3 Å². The van der Waals surface area contributed by atoms with E-state index in [9.17, 15) is 8.42 Å². The minimum atomic E-state index is -3.62. The molecule has 0 spiro atoms. The third kappa shape index (κ3) is 6.02. The fraction of sp³-hybridized carbons (Fsp3) is 0.462. The van der Waals surface area contributed by atoms with Gasteiger partial charge in [0, 0.05) is 32.6 Å². The van der Waals surface area contributed by atoms with Crippen molar-refractivity contribution < 1.29 is 13.2 Å². The third-order valence-electron chi connectivity index (χ3n) is 6.69. The number of anilines is 2. The molecular weight excluding hydrogens is 462 g/mol. The number of sulfonamides is 1. The maximum Gasteiger partial charge on any atom is 0.244 e. The average molecular weight is 498 g/mol. The van der Waals surface area contributed by atoms with Crippen LogP contribution >= 0.6 is 0 Å². The number of nitrogens with zero attached hydrogens (tertiary/aromatic N) is 3. The highest BCUT2D eigenvalue weighted by molar-refractivity contribution is 7.89. The van der Waals surface area contributed by atoms with Gasteiger partial charge in [-0.3, -0.25) is 0 Å². The molecule has 1 aliphatic rings. The third-order valence-corrected chi connectivity index (χ3v) is 8.16. The Bertz CT molecular complexity index is 1270. The van der Waals surface area contributed by atoms with Crippen LogP contribution in [-0.4, -0.2) is 52.7 Å². The lowest BCUT2D eigenvalue weighted by molar-refractivity contribution is 0.284. The second-order valence-electron chi connectivity index (χ2n) is 9.56. The molecule has 0 saturated heterocycles. The van der Waals surface area contributed by atoms with Gasteiger partial charge >= 0.3 is 0 Å². The highest BCUT2D eigenvalue weighted by atomic mass is 32.2. The number of hydrogen-bond acceptors (Lipinski definition) is 7. The van der Waals surface area contributed by atoms with Crippen molar-refractivity contribution in [3.8, 4) is 5.75 Å². The smallest absolute Gasteiger partial charge is 0.244 e. The Morgan fingerprint density at radius 1 is 1.00 bits per heavy atom. The summed E-state index contributed by atoms with van der Waals surface area (Å²) >= 11 is 0. The van der Waals surface area contributed by atoms with E-state index < -0.39 is 10.0 Å². The lowest BCUT2D eigenvalue weighted by Crippen LogP contribution is -2.32. The van der Waals surface area contributed by atoms with Crippen LogP contribution in [-0.2, 0) is 10.0 Å². The van der Waals surface area contributed by atoms with E-state index in [1.165, 1.54) is 7.11 Å². The largest absolute Gasteiger partial charge is 0.495 e. The number of ether oxygens (including phenoxy) is 1. The van der Waals surface area contributed by atoms with E-state index >= 15 is 0 Å². The molecule has 9 heteroatoms. The van der Waals surface area contributed by atoms with Crippen molar-refractivity contribution in [2.24, 2.45) is 11.8 Å². The maximum atomic E-state index is 12.8. The van der Waals surface area contributed by atoms with Crippen molar-refractivity contribution in [1.82, 2.24) is 14.7 Å². The summed E-state index contributed by atoms with van der Waals surface area (Å²) < 4.78 is 33.8. The fourth-order valence-electron chi connectivity index (χ4n) is 4.66. The molecule has 4 rings (SSSR count). The standard InChI is InChI=1S/C26H35N5O3S/c1-18-9-14-24(23(15-18)34-4)35(32,33)28-17-20-12-10-19(11-13-20)16-27-26-29-22-8-6-5-7-21(22)25(30-26)31(2)3/h5-9,14-15,19-20,28H,10-13,16-17H2,1-4H3,(H,27,29,30)/t19-,20-. The summed E-state index contributed by atoms with van der Waals surface area (Å²) in [6, 6.07) is 13.2. The van der Waals surface area contributed by atoms with E-state index in [2.05, 4.69) is 15.0 Å². The van der Waals surface area contributed by atoms with Crippen LogP contribution in [0, 0.1) is 18.8 Å². The van der Waals surface area contributed by atoms with E-state index in [1.807, 2.05) is 50.2 Å². The predicted molar refractivity (Wildman–Crippen MR) is 141 cm³/mol. The number of methoxy groups -OCH3 is 1. The van der Waals surface area contributed by atoms with Gasteiger partial charge in [0.25, 0.3) is 0 Å². The zero-order valence-electron chi connectivity index (χ0n) is 20.9. The van der Waals surface area contributed by atoms with Crippen molar-refractivity contribution >= 4 is 32.7 Å². The van der Waals surface area contributed by atoms with E-state index in [4.69, 9.17) is 9.72 Å². The van der Waals surface area contributed by atoms with E-state index in [1.54, 1.807) is 18.2 Å². The fourth-order valence-corrected chi connectivity index (χ4v) is 5.92. The highest BCUT2D eigenvalue weighted by Gasteiger charge is 2.25. The molecule has 0 aliphatic heterocycles. The van der Waals surface area contributed by atoms with Crippen LogP contribution in [0.15, 0.2) is 47.4 Å². The first-order chi connectivity index (χ1) is 16.8. The summed E-state index contributed by atoms with van der Waals surface area (Å²) in [6.07, 6.45) is 4.06. The zero-order chi connectivity index (χ0) is 25.0. The van der Waals surface area contributed by atoms with Crippen LogP contribution in [0.5, 0.6) is 5.75 Å². The number of rotatable bonds is 9. The van der Waals surface area contributed by atoms with Crippen molar-refractivity contribution in [2.45, 2.75) is 37.5 Å². The molecule has 1 heterocycles. The number of hydrogen-bond donors (Lipinski definition) is 2. The van der Waals surface area contributed by atoms with Gasteiger partial charge in [-0.25, -0.2) is 18.1 Å². The second kappa shape index (κ2) is 10.8. The molecule has 1 fully saturated rings. The summed E-state index contributed by atoms with van der Waals surface area (Å²) in [4.78, 5) is 11.6. The Morgan fingerprint density at radius 3 is 2.37 bits per heavy atom. The van der Waals surface area contributed by atoms with Gasteiger partial charge in [0.05, 0.1) is 12.6 Å². The SMILES string of the molecule is COc1cc(C)ccc1S(=O)(=O)NC[C@H]1CC[C@H](CNc2nc(N(C)C)c3ccccc3n2)CC1. The Balaban J connectivity index is 1.30. The first-order valence-electron chi connectivity index (χ1n) is 12.1. The summed E-state index contributed by atoms with van der Waals surface area (Å²) in [6.45, 7) is 3.16. The molecule has 0 amide bonds. The molecule has 1 aromatic heterocycles. The van der Waals surface area contributed by atoms with Crippen LogP contribution in [0.25, 0.3) is 10.9 Å². The van der Waals surface area contributed by atoms with Gasteiger partial charge in [-0.1, -0.05) is 18.2 Å². The quantitative estimate of drug-likeness (QED) is 0.457. The monoisotopic (exact) mass is 497 g/mol. The van der Waals surface area contributed by atoms with Gasteiger partial charge < -0.3 is 15.0 Å². The van der Waals surface area contributed by atoms with Gasteiger partial charge in [-0.2, -0.15) is 4.98 Å². The van der Waals surface area contributed by atoms with Gasteiger partial charge in [0.2, 0.25) is 16.0 Å². The molecule has 1 saturated carbocycles. The van der Waals surface area contributed by atoms with Crippen LogP contribution in [0.4, 0.5) is 11.8 Å². The molecule has 0 atom stereocenters. The predicted octanol–water partition coefficient (Wildman–Crippen LogP) is 4.21. The number of nitrogens with one attached hydrogen (secondary N) is 2. The second-order valence-corrected chi connectivity index (χ2v) is 11.3. The first kappa shape index (κ1) is 25.2. The van der Waals surface area contributed by atoms with Crippen LogP contribution in [0.3, 0.4) is 0 Å². The molecule has 188 valence electrons. The molecule has 3 aromatic rings. The minimum Gasteiger partial charge on any atom is -0.495 e. The molecule has 2 N–H and O–H groups in total. The maximum absolute atomic E-state index is 12.8. The summed E-state index contributed by atoms with van der Waals surface area (Å²) in [5.41, 5.74) is 1.88. The Labute approximate surface area is 208 Å². The molecule has 0 unspecified atom stereocenters. The van der Waals surface area contributed by atoms with Crippen LogP contribution in [0.2, 0.25) is 0 Å². The van der Waals surface area contributed by atoms with Crippen molar-refractivity contribution in [3.05, 3.63) is 48.0 Å². The highest BCUT2D eigenvalue weighted by Crippen LogP contribution is 2.30. The van der Waals surface area contributed by atoms with Crippen molar-refractivity contribution in [2.75, 3.05) is 44.5 Å². The van der Waals surface area contributed by atoms with E-state index in [-0.39, 0.29) is 4.90 Å². The number of benzene rings is 2. The van der Waals surface area contributed by atoms with E-state index in [0.29, 0.717) is 30.1 Å². The van der Waals surface area contributed by atoms with Gasteiger partial charge in [0.1, 0.15) is 16.5 Å². The number of fused-ring (bicyclic) bond motifs is 1. The molecule has 0 bridgehead atoms. The van der Waals surface area contributed by atoms with E-state index in [0.717, 1.165) is 54.5 Å². The minimum absolute atomic E-state index is 0.191. The molecular formula is C26H35N5O3S. The van der Waals surface area contributed by atoms with Crippen LogP contribution in [0.1, 0.15) is 31.2 Å². The molecule has 35 heavy (non-hydrogen) atoms. The molecule has 1 aliphatic carbocycles. The summed E-state index contributed by atoms with van der Waals surface area (Å²) in [5, 5.41) is 4.47. The van der Waals surface area contributed by atoms with Crippen molar-refractivity contribution in [3.63, 3.8) is 0 Å². The topological polar surface area (TPSA) is 96.5 Å². The lowest BCUT2D eigenvalue weighted by atomic mass is 9.82. The average Bonchev–Trinajstić information content (AvgIpc) is 2.86. The number of para-hydroxylation sites is 1. The molecule has 0 radical (unpaired) electrons.